The molecular weight excluding hydrogens is 574 g/mol. The summed E-state index contributed by atoms with van der Waals surface area (Å²) in [5, 5.41) is 17.7. The molecule has 0 aliphatic heterocycles. The average Bonchev–Trinajstić information content (AvgIpc) is 3.00. The second-order valence-corrected chi connectivity index (χ2v) is 9.81. The molecule has 5 nitrogen and oxygen atoms in total. The molecule has 0 bridgehead atoms. The van der Waals surface area contributed by atoms with Gasteiger partial charge < -0.3 is 15.7 Å². The van der Waals surface area contributed by atoms with E-state index in [1.165, 1.54) is 0 Å². The summed E-state index contributed by atoms with van der Waals surface area (Å²) in [6.45, 7) is 0. The second-order valence-electron chi connectivity index (χ2n) is 9.81. The normalized spacial score (nSPS) is 13.1. The summed E-state index contributed by atoms with van der Waals surface area (Å²) >= 11 is 0. The fourth-order valence-corrected chi connectivity index (χ4v) is 4.92. The van der Waals surface area contributed by atoms with Gasteiger partial charge in [-0.1, -0.05) is 91.0 Å². The van der Waals surface area contributed by atoms with Gasteiger partial charge in [-0.3, -0.25) is 9.59 Å². The van der Waals surface area contributed by atoms with E-state index in [1.54, 1.807) is 91.0 Å². The van der Waals surface area contributed by atoms with Gasteiger partial charge in [0.15, 0.2) is 0 Å². The molecule has 0 radical (unpaired) electrons. The first-order chi connectivity index (χ1) is 20.3. The van der Waals surface area contributed by atoms with Gasteiger partial charge in [-0.05, 0) is 34.9 Å². The first-order valence-corrected chi connectivity index (χ1v) is 12.8. The third kappa shape index (κ3) is 5.76. The van der Waals surface area contributed by atoms with Crippen molar-refractivity contribution in [3.05, 3.63) is 157 Å². The highest BCUT2D eigenvalue weighted by Crippen LogP contribution is 2.44. The molecular formula is C32H22F6N2O3. The van der Waals surface area contributed by atoms with E-state index < -0.39 is 63.0 Å². The highest BCUT2D eigenvalue weighted by molar-refractivity contribution is 5.79. The van der Waals surface area contributed by atoms with Crippen LogP contribution in [0.1, 0.15) is 33.9 Å². The Morgan fingerprint density at radius 2 is 0.977 bits per heavy atom. The van der Waals surface area contributed by atoms with Crippen LogP contribution in [0.5, 0.6) is 0 Å². The molecule has 5 rings (SSSR count). The Morgan fingerprint density at radius 1 is 0.558 bits per heavy atom. The molecule has 0 aliphatic carbocycles. The first-order valence-electron chi connectivity index (χ1n) is 12.8. The maximum atomic E-state index is 13.4. The van der Waals surface area contributed by atoms with Crippen LogP contribution in [0.15, 0.2) is 119 Å². The Hall–Kier alpha value is -4.90. The monoisotopic (exact) mass is 596 g/mol. The minimum absolute atomic E-state index is 0.0439. The third-order valence-corrected chi connectivity index (χ3v) is 7.03. The van der Waals surface area contributed by atoms with Gasteiger partial charge in [0, 0.05) is 5.69 Å². The van der Waals surface area contributed by atoms with Gasteiger partial charge >= 0.3 is 12.4 Å². The molecule has 43 heavy (non-hydrogen) atoms. The lowest BCUT2D eigenvalue weighted by atomic mass is 9.77. The van der Waals surface area contributed by atoms with Crippen molar-refractivity contribution in [2.75, 3.05) is 10.6 Å². The maximum absolute atomic E-state index is 13.4. The van der Waals surface area contributed by atoms with E-state index >= 15 is 0 Å². The van der Waals surface area contributed by atoms with Crippen LogP contribution in [0, 0.1) is 0 Å². The van der Waals surface area contributed by atoms with Crippen LogP contribution < -0.4 is 21.5 Å². The molecule has 0 spiro atoms. The van der Waals surface area contributed by atoms with E-state index in [4.69, 9.17) is 0 Å². The van der Waals surface area contributed by atoms with Crippen molar-refractivity contribution >= 4 is 17.1 Å². The molecule has 0 unspecified atom stereocenters. The number of benzene rings is 4. The minimum atomic E-state index is -5.12. The number of rotatable bonds is 8. The molecule has 220 valence electrons. The summed E-state index contributed by atoms with van der Waals surface area (Å²) in [6.07, 6.45) is -10.2. The molecule has 0 heterocycles. The zero-order chi connectivity index (χ0) is 31.0. The maximum Gasteiger partial charge on any atom is 0.416 e. The summed E-state index contributed by atoms with van der Waals surface area (Å²) < 4.78 is 80.6. The van der Waals surface area contributed by atoms with E-state index in [2.05, 4.69) is 10.6 Å². The second kappa shape index (κ2) is 11.1. The van der Waals surface area contributed by atoms with Crippen molar-refractivity contribution in [1.82, 2.24) is 0 Å². The van der Waals surface area contributed by atoms with Gasteiger partial charge in [-0.15, -0.1) is 0 Å². The Balaban J connectivity index is 1.63. The van der Waals surface area contributed by atoms with Crippen molar-refractivity contribution in [3.63, 3.8) is 0 Å². The topological polar surface area (TPSA) is 78.4 Å². The van der Waals surface area contributed by atoms with Gasteiger partial charge in [0.1, 0.15) is 17.0 Å². The standard InChI is InChI=1S/C32H22F6N2O3/c33-31(34,35)22-16-23(32(36,37)38)18-24(17-22)39-25-26(28(42)27(25)41)40-29(19-10-4-1-5-11-19)30(43,20-12-6-2-7-13-20)21-14-8-3-9-15-21/h1-18,29,39-40,43H/t29-/m0/s1. The number of hydrogen-bond acceptors (Lipinski definition) is 5. The molecule has 0 fully saturated rings. The fraction of sp³-hybridized carbons (Fsp3) is 0.125. The molecule has 0 aromatic heterocycles. The Labute approximate surface area is 240 Å². The summed E-state index contributed by atoms with van der Waals surface area (Å²) in [4.78, 5) is 25.5. The van der Waals surface area contributed by atoms with Gasteiger partial charge in [0.05, 0.1) is 17.2 Å². The number of anilines is 3. The van der Waals surface area contributed by atoms with Crippen molar-refractivity contribution < 1.29 is 31.4 Å². The van der Waals surface area contributed by atoms with Crippen LogP contribution >= 0.6 is 0 Å². The lowest BCUT2D eigenvalue weighted by Crippen LogP contribution is -2.44. The zero-order valence-corrected chi connectivity index (χ0v) is 22.0. The molecule has 0 aliphatic rings. The van der Waals surface area contributed by atoms with Gasteiger partial charge in [-0.25, -0.2) is 0 Å². The fourth-order valence-electron chi connectivity index (χ4n) is 4.92. The van der Waals surface area contributed by atoms with Crippen LogP contribution in [0.3, 0.4) is 0 Å². The number of nitrogens with one attached hydrogen (secondary N) is 2. The number of hydrogen-bond donors (Lipinski definition) is 3. The largest absolute Gasteiger partial charge is 0.416 e. The van der Waals surface area contributed by atoms with Crippen molar-refractivity contribution in [3.8, 4) is 0 Å². The average molecular weight is 597 g/mol. The van der Waals surface area contributed by atoms with Crippen molar-refractivity contribution in [2.45, 2.75) is 24.0 Å². The lowest BCUT2D eigenvalue weighted by Gasteiger charge is -2.39. The Bertz CT molecular complexity index is 1730. The molecule has 11 heteroatoms. The van der Waals surface area contributed by atoms with E-state index in [9.17, 15) is 41.0 Å². The van der Waals surface area contributed by atoms with Crippen LogP contribution in [-0.4, -0.2) is 5.11 Å². The summed E-state index contributed by atoms with van der Waals surface area (Å²) in [7, 11) is 0. The van der Waals surface area contributed by atoms with Crippen LogP contribution in [0.2, 0.25) is 0 Å². The van der Waals surface area contributed by atoms with E-state index in [0.717, 1.165) is 0 Å². The molecule has 0 amide bonds. The highest BCUT2D eigenvalue weighted by Gasteiger charge is 2.43. The third-order valence-electron chi connectivity index (χ3n) is 7.03. The Kier molecular flexibility index (Phi) is 7.61. The van der Waals surface area contributed by atoms with Crippen LogP contribution in [-0.2, 0) is 18.0 Å². The number of alkyl halides is 6. The molecule has 5 aromatic carbocycles. The number of aliphatic hydroxyl groups is 1. The van der Waals surface area contributed by atoms with E-state index in [1.807, 2.05) is 0 Å². The van der Waals surface area contributed by atoms with Crippen molar-refractivity contribution in [2.24, 2.45) is 0 Å². The summed E-state index contributed by atoms with van der Waals surface area (Å²) in [5.41, 5.74) is -7.64. The van der Waals surface area contributed by atoms with Gasteiger partial charge in [-0.2, -0.15) is 26.3 Å². The molecule has 0 saturated heterocycles. The molecule has 0 saturated carbocycles. The summed E-state index contributed by atoms with van der Waals surface area (Å²) in [5.74, 6) is 0. The quantitative estimate of drug-likeness (QED) is 0.131. The zero-order valence-electron chi connectivity index (χ0n) is 22.0. The van der Waals surface area contributed by atoms with Crippen LogP contribution in [0.4, 0.5) is 43.4 Å². The van der Waals surface area contributed by atoms with E-state index in [0.29, 0.717) is 28.8 Å². The van der Waals surface area contributed by atoms with Crippen LogP contribution in [0.25, 0.3) is 0 Å². The minimum Gasteiger partial charge on any atom is -0.378 e. The lowest BCUT2D eigenvalue weighted by molar-refractivity contribution is -0.143. The van der Waals surface area contributed by atoms with E-state index in [-0.39, 0.29) is 6.07 Å². The summed E-state index contributed by atoms with van der Waals surface area (Å²) in [6, 6.07) is 24.9. The smallest absolute Gasteiger partial charge is 0.378 e. The predicted octanol–water partition coefficient (Wildman–Crippen LogP) is 7.15. The molecule has 3 N–H and O–H groups in total. The van der Waals surface area contributed by atoms with Gasteiger partial charge in [0.2, 0.25) is 0 Å². The molecule has 5 aromatic rings. The first kappa shape index (κ1) is 29.6. The SMILES string of the molecule is O=c1c(Nc2cc(C(F)(F)F)cc(C(F)(F)F)c2)c(N[C@@H](c2ccccc2)C(O)(c2ccccc2)c2ccccc2)c1=O. The number of halogens is 6. The van der Waals surface area contributed by atoms with Crippen molar-refractivity contribution in [1.29, 1.82) is 0 Å². The van der Waals surface area contributed by atoms with Gasteiger partial charge in [0.25, 0.3) is 10.9 Å². The predicted molar refractivity (Wildman–Crippen MR) is 150 cm³/mol. The molecule has 1 atom stereocenters. The Morgan fingerprint density at radius 3 is 1.42 bits per heavy atom. The highest BCUT2D eigenvalue weighted by atomic mass is 19.4.